The number of aromatic hydroxyl groups is 1. The van der Waals surface area contributed by atoms with Gasteiger partial charge in [-0.15, -0.1) is 0 Å². The fourth-order valence-electron chi connectivity index (χ4n) is 0.428. The first-order chi connectivity index (χ1) is 6.04. The van der Waals surface area contributed by atoms with Crippen LogP contribution in [0.3, 0.4) is 0 Å². The fraction of sp³-hybridized carbons (Fsp3) is 0.100. The van der Waals surface area contributed by atoms with E-state index in [1.807, 2.05) is 6.07 Å². The van der Waals surface area contributed by atoms with Gasteiger partial charge in [0.2, 0.25) is 0 Å². The van der Waals surface area contributed by atoms with Gasteiger partial charge < -0.3 is 10.2 Å². The van der Waals surface area contributed by atoms with E-state index in [-0.39, 0.29) is 5.57 Å². The smallest absolute Gasteiger partial charge is 0.330 e. The molecule has 0 aliphatic carbocycles. The van der Waals surface area contributed by atoms with Gasteiger partial charge in [-0.2, -0.15) is 0 Å². The van der Waals surface area contributed by atoms with Crippen LogP contribution in [0.4, 0.5) is 0 Å². The average molecular weight is 180 g/mol. The molecule has 0 unspecified atom stereocenters. The lowest BCUT2D eigenvalue weighted by molar-refractivity contribution is -0.132. The summed E-state index contributed by atoms with van der Waals surface area (Å²) in [5.41, 5.74) is 0.176. The summed E-state index contributed by atoms with van der Waals surface area (Å²) in [6.45, 7) is 4.60. The minimum Gasteiger partial charge on any atom is -0.508 e. The van der Waals surface area contributed by atoms with Crippen LogP contribution >= 0.6 is 0 Å². The van der Waals surface area contributed by atoms with Crippen molar-refractivity contribution in [1.82, 2.24) is 0 Å². The Morgan fingerprint density at radius 3 is 1.85 bits per heavy atom. The summed E-state index contributed by atoms with van der Waals surface area (Å²) >= 11 is 0. The van der Waals surface area contributed by atoms with E-state index < -0.39 is 5.97 Å². The lowest BCUT2D eigenvalue weighted by Crippen LogP contribution is -1.92. The van der Waals surface area contributed by atoms with Crippen LogP contribution in [0.15, 0.2) is 42.5 Å². The van der Waals surface area contributed by atoms with E-state index in [9.17, 15) is 4.79 Å². The zero-order valence-corrected chi connectivity index (χ0v) is 7.40. The van der Waals surface area contributed by atoms with Crippen LogP contribution in [0.1, 0.15) is 6.92 Å². The van der Waals surface area contributed by atoms with Gasteiger partial charge in [0.15, 0.2) is 0 Å². The Morgan fingerprint density at radius 2 is 1.69 bits per heavy atom. The zero-order chi connectivity index (χ0) is 10.3. The molecule has 13 heavy (non-hydrogen) atoms. The second-order valence-electron chi connectivity index (χ2n) is 2.42. The summed E-state index contributed by atoms with van der Waals surface area (Å²) in [6, 6.07) is 8.71. The van der Waals surface area contributed by atoms with E-state index in [4.69, 9.17) is 10.2 Å². The minimum atomic E-state index is -0.935. The monoisotopic (exact) mass is 180 g/mol. The number of benzene rings is 1. The Kier molecular flexibility index (Phi) is 5.03. The average Bonchev–Trinajstić information content (AvgIpc) is 2.06. The molecule has 0 heterocycles. The molecule has 0 aliphatic rings. The number of para-hydroxylation sites is 1. The second-order valence-corrected chi connectivity index (χ2v) is 2.42. The third kappa shape index (κ3) is 6.62. The van der Waals surface area contributed by atoms with Crippen LogP contribution in [0.5, 0.6) is 5.75 Å². The lowest BCUT2D eigenvalue weighted by atomic mass is 10.3. The van der Waals surface area contributed by atoms with Crippen molar-refractivity contribution in [2.45, 2.75) is 6.92 Å². The number of phenols is 1. The third-order valence-corrected chi connectivity index (χ3v) is 1.12. The summed E-state index contributed by atoms with van der Waals surface area (Å²) in [6.07, 6.45) is 0. The highest BCUT2D eigenvalue weighted by Gasteiger charge is 1.90. The van der Waals surface area contributed by atoms with Crippen LogP contribution in [0, 0.1) is 0 Å². The molecule has 3 heteroatoms. The number of hydrogen-bond acceptors (Lipinski definition) is 2. The molecule has 0 bridgehead atoms. The van der Waals surface area contributed by atoms with Gasteiger partial charge in [0.25, 0.3) is 0 Å². The van der Waals surface area contributed by atoms with E-state index in [1.54, 1.807) is 24.3 Å². The van der Waals surface area contributed by atoms with Crippen molar-refractivity contribution in [3.05, 3.63) is 42.5 Å². The highest BCUT2D eigenvalue weighted by molar-refractivity contribution is 5.84. The highest BCUT2D eigenvalue weighted by Crippen LogP contribution is 2.02. The lowest BCUT2D eigenvalue weighted by Gasteiger charge is -1.82. The molecule has 1 aromatic rings. The molecular weight excluding hydrogens is 168 g/mol. The second kappa shape index (κ2) is 5.83. The van der Waals surface area contributed by atoms with E-state index in [0.29, 0.717) is 5.75 Å². The molecule has 0 saturated heterocycles. The molecule has 3 nitrogen and oxygen atoms in total. The van der Waals surface area contributed by atoms with Crippen molar-refractivity contribution in [3.8, 4) is 5.75 Å². The zero-order valence-electron chi connectivity index (χ0n) is 7.40. The largest absolute Gasteiger partial charge is 0.508 e. The van der Waals surface area contributed by atoms with Crippen molar-refractivity contribution >= 4 is 5.97 Å². The van der Waals surface area contributed by atoms with Crippen molar-refractivity contribution < 1.29 is 15.0 Å². The van der Waals surface area contributed by atoms with Crippen molar-refractivity contribution in [2.75, 3.05) is 0 Å². The number of phenolic OH excluding ortho intramolecular Hbond substituents is 1. The van der Waals surface area contributed by atoms with Gasteiger partial charge in [-0.05, 0) is 19.1 Å². The summed E-state index contributed by atoms with van der Waals surface area (Å²) in [4.78, 5) is 9.60. The molecule has 0 aromatic heterocycles. The number of rotatable bonds is 1. The van der Waals surface area contributed by atoms with Crippen LogP contribution in [0.2, 0.25) is 0 Å². The molecule has 70 valence electrons. The van der Waals surface area contributed by atoms with Gasteiger partial charge in [0, 0.05) is 5.57 Å². The third-order valence-electron chi connectivity index (χ3n) is 1.12. The van der Waals surface area contributed by atoms with E-state index in [2.05, 4.69) is 6.58 Å². The molecule has 0 spiro atoms. The van der Waals surface area contributed by atoms with Crippen molar-refractivity contribution in [3.63, 3.8) is 0 Å². The van der Waals surface area contributed by atoms with Gasteiger partial charge in [0.05, 0.1) is 0 Å². The molecule has 0 radical (unpaired) electrons. The number of aliphatic carboxylic acids is 1. The van der Waals surface area contributed by atoms with Crippen LogP contribution in [0.25, 0.3) is 0 Å². The Bertz CT molecular complexity index is 265. The summed E-state index contributed by atoms with van der Waals surface area (Å²) in [7, 11) is 0. The van der Waals surface area contributed by atoms with Gasteiger partial charge in [0.1, 0.15) is 5.75 Å². The fourth-order valence-corrected chi connectivity index (χ4v) is 0.428. The van der Waals surface area contributed by atoms with Crippen LogP contribution in [-0.4, -0.2) is 16.2 Å². The van der Waals surface area contributed by atoms with Gasteiger partial charge in [-0.1, -0.05) is 24.8 Å². The number of carbonyl (C=O) groups is 1. The minimum absolute atomic E-state index is 0.176. The molecule has 2 N–H and O–H groups in total. The van der Waals surface area contributed by atoms with Crippen LogP contribution in [-0.2, 0) is 4.79 Å². The van der Waals surface area contributed by atoms with E-state index >= 15 is 0 Å². The summed E-state index contributed by atoms with van der Waals surface area (Å²) in [5.74, 6) is -0.613. The molecule has 0 atom stereocenters. The normalized spacial score (nSPS) is 8.08. The quantitative estimate of drug-likeness (QED) is 0.650. The van der Waals surface area contributed by atoms with Gasteiger partial charge >= 0.3 is 5.97 Å². The van der Waals surface area contributed by atoms with Crippen molar-refractivity contribution in [2.24, 2.45) is 0 Å². The summed E-state index contributed by atoms with van der Waals surface area (Å²) in [5, 5.41) is 16.5. The van der Waals surface area contributed by atoms with Gasteiger partial charge in [-0.25, -0.2) is 4.79 Å². The Balaban J connectivity index is 0.000000226. The predicted octanol–water partition coefficient (Wildman–Crippen LogP) is 2.04. The molecular formula is C10H12O3. The number of hydrogen-bond donors (Lipinski definition) is 2. The topological polar surface area (TPSA) is 57.5 Å². The molecule has 0 saturated carbocycles. The first kappa shape index (κ1) is 11.2. The first-order valence-corrected chi connectivity index (χ1v) is 3.67. The maximum atomic E-state index is 9.60. The summed E-state index contributed by atoms with van der Waals surface area (Å²) < 4.78 is 0. The number of carboxylic acid groups (broad SMARTS) is 1. The molecule has 0 amide bonds. The molecule has 0 aliphatic heterocycles. The standard InChI is InChI=1S/C6H6O.C4H6O2/c7-6-4-2-1-3-5-6;1-3(2)4(5)6/h1-5,7H;1H2,2H3,(H,5,6). The molecule has 0 fully saturated rings. The number of carboxylic acids is 1. The van der Waals surface area contributed by atoms with Crippen molar-refractivity contribution in [1.29, 1.82) is 0 Å². The maximum absolute atomic E-state index is 9.60. The van der Waals surface area contributed by atoms with E-state index in [0.717, 1.165) is 0 Å². The maximum Gasteiger partial charge on any atom is 0.330 e. The van der Waals surface area contributed by atoms with Gasteiger partial charge in [-0.3, -0.25) is 0 Å². The Hall–Kier alpha value is -1.77. The highest BCUT2D eigenvalue weighted by atomic mass is 16.4. The molecule has 1 aromatic carbocycles. The molecule has 1 rings (SSSR count). The van der Waals surface area contributed by atoms with E-state index in [1.165, 1.54) is 6.92 Å². The Morgan fingerprint density at radius 1 is 1.31 bits per heavy atom. The van der Waals surface area contributed by atoms with Crippen LogP contribution < -0.4 is 0 Å². The predicted molar refractivity (Wildman–Crippen MR) is 50.6 cm³/mol. The SMILES string of the molecule is C=C(C)C(=O)O.Oc1ccccc1. The first-order valence-electron chi connectivity index (χ1n) is 3.67. The Labute approximate surface area is 77.0 Å².